The fraction of sp³-hybridized carbons (Fsp3) is 0. The number of carbonyl (C=O) groups is 1. The minimum absolute atomic E-state index is 0.337. The van der Waals surface area contributed by atoms with Crippen LogP contribution in [0.4, 0.5) is 16.2 Å². The Balaban J connectivity index is 2.01. The summed E-state index contributed by atoms with van der Waals surface area (Å²) < 4.78 is 0.721. The Hall–Kier alpha value is -1.23. The van der Waals surface area contributed by atoms with Crippen LogP contribution in [0.15, 0.2) is 46.9 Å². The van der Waals surface area contributed by atoms with Crippen LogP contribution in [0, 0.1) is 0 Å². The highest BCUT2D eigenvalue weighted by Crippen LogP contribution is 2.25. The zero-order valence-corrected chi connectivity index (χ0v) is 12.7. The van der Waals surface area contributed by atoms with E-state index in [2.05, 4.69) is 26.6 Å². The summed E-state index contributed by atoms with van der Waals surface area (Å²) in [6.45, 7) is 0. The molecule has 3 nitrogen and oxygen atoms in total. The lowest BCUT2D eigenvalue weighted by molar-refractivity contribution is 0.262. The van der Waals surface area contributed by atoms with Crippen LogP contribution in [0.5, 0.6) is 0 Å². The Bertz CT molecular complexity index is 602. The average molecular weight is 360 g/mol. The summed E-state index contributed by atoms with van der Waals surface area (Å²) >= 11 is 14.9. The highest BCUT2D eigenvalue weighted by Gasteiger charge is 2.04. The number of hydrogen-bond acceptors (Lipinski definition) is 1. The molecule has 0 aliphatic rings. The zero-order valence-electron chi connectivity index (χ0n) is 9.58. The van der Waals surface area contributed by atoms with Crippen LogP contribution >= 0.6 is 39.1 Å². The maximum Gasteiger partial charge on any atom is 0.323 e. The van der Waals surface area contributed by atoms with Crippen LogP contribution in [0.2, 0.25) is 10.0 Å². The molecule has 0 aromatic heterocycles. The molecule has 2 N–H and O–H groups in total. The van der Waals surface area contributed by atoms with Crippen LogP contribution < -0.4 is 10.6 Å². The number of hydrogen-bond donors (Lipinski definition) is 2. The predicted molar refractivity (Wildman–Crippen MR) is 83.2 cm³/mol. The third-order valence-electron chi connectivity index (χ3n) is 2.28. The van der Waals surface area contributed by atoms with Gasteiger partial charge in [-0.3, -0.25) is 0 Å². The fourth-order valence-electron chi connectivity index (χ4n) is 1.40. The number of urea groups is 1. The van der Waals surface area contributed by atoms with Gasteiger partial charge in [0.05, 0.1) is 5.02 Å². The van der Waals surface area contributed by atoms with Crippen LogP contribution in [0.3, 0.4) is 0 Å². The molecule has 0 radical (unpaired) electrons. The van der Waals surface area contributed by atoms with Crippen molar-refractivity contribution in [2.45, 2.75) is 0 Å². The van der Waals surface area contributed by atoms with Gasteiger partial charge in [0.2, 0.25) is 0 Å². The molecule has 98 valence electrons. The monoisotopic (exact) mass is 358 g/mol. The second-order valence-corrected chi connectivity index (χ2v) is 5.41. The molecule has 0 aliphatic carbocycles. The smallest absolute Gasteiger partial charge is 0.308 e. The number of carbonyl (C=O) groups excluding carboxylic acids is 1. The molecule has 2 aromatic carbocycles. The molecule has 0 fully saturated rings. The first-order valence-corrected chi connectivity index (χ1v) is 6.88. The summed E-state index contributed by atoms with van der Waals surface area (Å²) in [7, 11) is 0. The standard InChI is InChI=1S/C13H9BrCl2N2O/c14-11-7-10(5-6-12(11)16)18-13(19)17-9-3-1-8(15)2-4-9/h1-7H,(H2,17,18,19). The van der Waals surface area contributed by atoms with E-state index in [0.717, 1.165) is 4.47 Å². The van der Waals surface area contributed by atoms with E-state index >= 15 is 0 Å². The van der Waals surface area contributed by atoms with Crippen molar-refractivity contribution in [2.24, 2.45) is 0 Å². The molecular weight excluding hydrogens is 351 g/mol. The summed E-state index contributed by atoms with van der Waals surface area (Å²) in [5.41, 5.74) is 1.30. The number of anilines is 2. The highest BCUT2D eigenvalue weighted by molar-refractivity contribution is 9.10. The quantitative estimate of drug-likeness (QED) is 0.740. The zero-order chi connectivity index (χ0) is 13.8. The van der Waals surface area contributed by atoms with E-state index < -0.39 is 0 Å². The molecule has 0 saturated carbocycles. The van der Waals surface area contributed by atoms with Gasteiger partial charge in [0.15, 0.2) is 0 Å². The lowest BCUT2D eigenvalue weighted by atomic mass is 10.3. The van der Waals surface area contributed by atoms with Gasteiger partial charge in [-0.25, -0.2) is 4.79 Å². The number of halogens is 3. The van der Waals surface area contributed by atoms with E-state index in [0.29, 0.717) is 21.4 Å². The van der Waals surface area contributed by atoms with Crippen LogP contribution in [-0.4, -0.2) is 6.03 Å². The van der Waals surface area contributed by atoms with Crippen molar-refractivity contribution in [2.75, 3.05) is 10.6 Å². The van der Waals surface area contributed by atoms with Crippen LogP contribution in [0.1, 0.15) is 0 Å². The molecule has 0 atom stereocenters. The maximum atomic E-state index is 11.8. The van der Waals surface area contributed by atoms with E-state index in [9.17, 15) is 4.79 Å². The lowest BCUT2D eigenvalue weighted by Crippen LogP contribution is -2.19. The Morgan fingerprint density at radius 1 is 0.947 bits per heavy atom. The Labute approximate surface area is 129 Å². The molecule has 0 aliphatic heterocycles. The molecule has 2 rings (SSSR count). The molecule has 6 heteroatoms. The van der Waals surface area contributed by atoms with E-state index in [1.807, 2.05) is 0 Å². The largest absolute Gasteiger partial charge is 0.323 e. The first-order chi connectivity index (χ1) is 9.04. The van der Waals surface area contributed by atoms with Crippen molar-refractivity contribution < 1.29 is 4.79 Å². The minimum atomic E-state index is -0.337. The van der Waals surface area contributed by atoms with Gasteiger partial charge < -0.3 is 10.6 Å². The first-order valence-electron chi connectivity index (χ1n) is 5.33. The van der Waals surface area contributed by atoms with Crippen molar-refractivity contribution in [3.05, 3.63) is 57.0 Å². The second kappa shape index (κ2) is 6.28. The van der Waals surface area contributed by atoms with Gasteiger partial charge in [-0.15, -0.1) is 0 Å². The Kier molecular flexibility index (Phi) is 4.69. The summed E-state index contributed by atoms with van der Waals surface area (Å²) in [5, 5.41) is 6.60. The van der Waals surface area contributed by atoms with Crippen molar-refractivity contribution >= 4 is 56.5 Å². The van der Waals surface area contributed by atoms with Gasteiger partial charge >= 0.3 is 6.03 Å². The molecule has 0 spiro atoms. The second-order valence-electron chi connectivity index (χ2n) is 3.71. The van der Waals surface area contributed by atoms with Crippen molar-refractivity contribution in [3.63, 3.8) is 0 Å². The van der Waals surface area contributed by atoms with E-state index in [1.165, 1.54) is 0 Å². The lowest BCUT2D eigenvalue weighted by Gasteiger charge is -2.08. The molecule has 0 saturated heterocycles. The number of benzene rings is 2. The van der Waals surface area contributed by atoms with Crippen molar-refractivity contribution in [1.82, 2.24) is 0 Å². The molecule has 2 amide bonds. The Morgan fingerprint density at radius 2 is 1.53 bits per heavy atom. The number of nitrogens with one attached hydrogen (secondary N) is 2. The van der Waals surface area contributed by atoms with Gasteiger partial charge in [0.1, 0.15) is 0 Å². The predicted octanol–water partition coefficient (Wildman–Crippen LogP) is 5.40. The molecule has 2 aromatic rings. The van der Waals surface area contributed by atoms with Crippen molar-refractivity contribution in [1.29, 1.82) is 0 Å². The van der Waals surface area contributed by atoms with E-state index in [-0.39, 0.29) is 6.03 Å². The van der Waals surface area contributed by atoms with Crippen LogP contribution in [-0.2, 0) is 0 Å². The van der Waals surface area contributed by atoms with Crippen LogP contribution in [0.25, 0.3) is 0 Å². The molecule has 0 bridgehead atoms. The fourth-order valence-corrected chi connectivity index (χ4v) is 2.02. The summed E-state index contributed by atoms with van der Waals surface area (Å²) in [6, 6.07) is 11.7. The van der Waals surface area contributed by atoms with Gasteiger partial charge in [0, 0.05) is 20.9 Å². The third kappa shape index (κ3) is 4.13. The molecule has 0 heterocycles. The summed E-state index contributed by atoms with van der Waals surface area (Å²) in [6.07, 6.45) is 0. The first kappa shape index (κ1) is 14.2. The molecular formula is C13H9BrCl2N2O. The van der Waals surface area contributed by atoms with E-state index in [1.54, 1.807) is 42.5 Å². The van der Waals surface area contributed by atoms with Gasteiger partial charge in [0.25, 0.3) is 0 Å². The summed E-state index contributed by atoms with van der Waals surface area (Å²) in [5.74, 6) is 0. The minimum Gasteiger partial charge on any atom is -0.308 e. The van der Waals surface area contributed by atoms with Gasteiger partial charge in [-0.1, -0.05) is 23.2 Å². The van der Waals surface area contributed by atoms with Gasteiger partial charge in [-0.05, 0) is 58.4 Å². The number of amides is 2. The SMILES string of the molecule is O=C(Nc1ccc(Cl)cc1)Nc1ccc(Cl)c(Br)c1. The Morgan fingerprint density at radius 3 is 2.16 bits per heavy atom. The van der Waals surface area contributed by atoms with E-state index in [4.69, 9.17) is 23.2 Å². The average Bonchev–Trinajstić information content (AvgIpc) is 2.37. The number of rotatable bonds is 2. The third-order valence-corrected chi connectivity index (χ3v) is 3.75. The highest BCUT2D eigenvalue weighted by atomic mass is 79.9. The summed E-state index contributed by atoms with van der Waals surface area (Å²) in [4.78, 5) is 11.8. The normalized spacial score (nSPS) is 10.1. The molecule has 19 heavy (non-hydrogen) atoms. The molecule has 0 unspecified atom stereocenters. The van der Waals surface area contributed by atoms with Crippen molar-refractivity contribution in [3.8, 4) is 0 Å². The topological polar surface area (TPSA) is 41.1 Å². The van der Waals surface area contributed by atoms with Gasteiger partial charge in [-0.2, -0.15) is 0 Å². The maximum absolute atomic E-state index is 11.8.